The number of hydrogen-bond acceptors (Lipinski definition) is 2. The second kappa shape index (κ2) is 7.15. The van der Waals surface area contributed by atoms with Gasteiger partial charge in [0.2, 0.25) is 0 Å². The van der Waals surface area contributed by atoms with E-state index in [2.05, 4.69) is 62.6 Å². The molecule has 0 amide bonds. The lowest BCUT2D eigenvalue weighted by Crippen LogP contribution is -1.77. The fourth-order valence-corrected chi connectivity index (χ4v) is 4.62. The van der Waals surface area contributed by atoms with Gasteiger partial charge in [0, 0.05) is 19.9 Å². The van der Waals surface area contributed by atoms with E-state index in [1.807, 2.05) is 36.9 Å². The second-order valence-corrected chi connectivity index (χ2v) is 6.70. The van der Waals surface area contributed by atoms with Crippen LogP contribution in [0.4, 0.5) is 0 Å². The molecule has 0 spiro atoms. The number of benzene rings is 2. The Bertz CT molecular complexity index is 721. The van der Waals surface area contributed by atoms with Crippen LogP contribution in [0.1, 0.15) is 25.0 Å². The summed E-state index contributed by atoms with van der Waals surface area (Å²) >= 11 is 3.75. The number of hydrogen-bond donors (Lipinski definition) is 0. The lowest BCUT2D eigenvalue weighted by Gasteiger charge is -2.02. The van der Waals surface area contributed by atoms with Crippen molar-refractivity contribution in [3.8, 4) is 10.4 Å². The molecule has 0 bridgehead atoms. The molecular formula is C19H22S2. The number of fused-ring (bicyclic) bond motifs is 1. The van der Waals surface area contributed by atoms with Crippen molar-refractivity contribution >= 4 is 33.2 Å². The summed E-state index contributed by atoms with van der Waals surface area (Å²) in [5, 5.41) is 1.39. The van der Waals surface area contributed by atoms with E-state index < -0.39 is 0 Å². The summed E-state index contributed by atoms with van der Waals surface area (Å²) in [6.45, 7) is 8.29. The van der Waals surface area contributed by atoms with Crippen LogP contribution in [0.15, 0.2) is 47.4 Å². The van der Waals surface area contributed by atoms with Crippen LogP contribution in [0.2, 0.25) is 0 Å². The van der Waals surface area contributed by atoms with Gasteiger partial charge in [0.05, 0.1) is 0 Å². The van der Waals surface area contributed by atoms with Gasteiger partial charge in [-0.1, -0.05) is 55.8 Å². The first-order chi connectivity index (χ1) is 10.2. The van der Waals surface area contributed by atoms with Crippen LogP contribution in [0.25, 0.3) is 20.5 Å². The Morgan fingerprint density at radius 1 is 0.857 bits per heavy atom. The van der Waals surface area contributed by atoms with Crippen molar-refractivity contribution in [2.45, 2.75) is 32.6 Å². The summed E-state index contributed by atoms with van der Waals surface area (Å²) in [6.07, 6.45) is 2.17. The van der Waals surface area contributed by atoms with E-state index in [-0.39, 0.29) is 0 Å². The van der Waals surface area contributed by atoms with Crippen LogP contribution in [0, 0.1) is 13.8 Å². The van der Waals surface area contributed by atoms with Crippen LogP contribution in [0.5, 0.6) is 0 Å². The van der Waals surface area contributed by atoms with E-state index in [9.17, 15) is 0 Å². The van der Waals surface area contributed by atoms with E-state index in [0.717, 1.165) is 0 Å². The molecule has 0 aliphatic rings. The second-order valence-electron chi connectivity index (χ2n) is 4.83. The molecule has 0 atom stereocenters. The molecule has 2 aromatic carbocycles. The van der Waals surface area contributed by atoms with Gasteiger partial charge in [0.25, 0.3) is 0 Å². The third-order valence-electron chi connectivity index (χ3n) is 3.32. The van der Waals surface area contributed by atoms with E-state index in [1.54, 1.807) is 0 Å². The predicted octanol–water partition coefficient (Wildman–Crippen LogP) is 6.93. The first-order valence-electron chi connectivity index (χ1n) is 7.33. The fraction of sp³-hybridized carbons (Fsp3) is 0.263. The average molecular weight is 315 g/mol. The summed E-state index contributed by atoms with van der Waals surface area (Å²) in [5.74, 6) is 0. The van der Waals surface area contributed by atoms with Crippen LogP contribution < -0.4 is 0 Å². The van der Waals surface area contributed by atoms with Crippen molar-refractivity contribution < 1.29 is 0 Å². The highest BCUT2D eigenvalue weighted by Crippen LogP contribution is 2.43. The van der Waals surface area contributed by atoms with Gasteiger partial charge in [0.15, 0.2) is 0 Å². The molecule has 0 unspecified atom stereocenters. The molecule has 0 nitrogen and oxygen atoms in total. The molecule has 0 aliphatic carbocycles. The van der Waals surface area contributed by atoms with Crippen molar-refractivity contribution in [3.63, 3.8) is 0 Å². The van der Waals surface area contributed by atoms with Crippen LogP contribution in [-0.4, -0.2) is 6.26 Å². The zero-order valence-corrected chi connectivity index (χ0v) is 15.0. The molecule has 2 heteroatoms. The lowest BCUT2D eigenvalue weighted by atomic mass is 10.1. The number of thioether (sulfide) groups is 1. The molecule has 0 fully saturated rings. The van der Waals surface area contributed by atoms with Gasteiger partial charge >= 0.3 is 0 Å². The Morgan fingerprint density at radius 3 is 2.10 bits per heavy atom. The normalized spacial score (nSPS) is 10.3. The largest absolute Gasteiger partial charge is 0.134 e. The molecular weight excluding hydrogens is 292 g/mol. The monoisotopic (exact) mass is 314 g/mol. The van der Waals surface area contributed by atoms with Crippen LogP contribution in [-0.2, 0) is 0 Å². The maximum atomic E-state index is 2.29. The van der Waals surface area contributed by atoms with Gasteiger partial charge in [-0.05, 0) is 37.3 Å². The van der Waals surface area contributed by atoms with Gasteiger partial charge in [0.1, 0.15) is 0 Å². The molecule has 1 aromatic heterocycles. The molecule has 0 saturated heterocycles. The molecule has 0 aliphatic heterocycles. The Morgan fingerprint density at radius 2 is 1.48 bits per heavy atom. The third kappa shape index (κ3) is 3.33. The van der Waals surface area contributed by atoms with Gasteiger partial charge in [-0.25, -0.2) is 0 Å². The zero-order valence-electron chi connectivity index (χ0n) is 13.4. The summed E-state index contributed by atoms with van der Waals surface area (Å²) < 4.78 is 1.39. The first kappa shape index (κ1) is 16.1. The molecule has 110 valence electrons. The van der Waals surface area contributed by atoms with E-state index >= 15 is 0 Å². The van der Waals surface area contributed by atoms with Crippen molar-refractivity contribution in [2.75, 3.05) is 6.26 Å². The van der Waals surface area contributed by atoms with Gasteiger partial charge in [-0.15, -0.1) is 23.1 Å². The average Bonchev–Trinajstić information content (AvgIpc) is 2.87. The van der Waals surface area contributed by atoms with Crippen molar-refractivity contribution in [1.82, 2.24) is 0 Å². The fourth-order valence-electron chi connectivity index (χ4n) is 2.28. The SMILES string of the molecule is CC.CSc1c(-c2ccc(C)cc2)sc2cc(C)ccc12. The minimum absolute atomic E-state index is 1.31. The van der Waals surface area contributed by atoms with E-state index in [1.165, 1.54) is 36.5 Å². The highest BCUT2D eigenvalue weighted by Gasteiger charge is 2.12. The zero-order chi connectivity index (χ0) is 15.4. The Kier molecular flexibility index (Phi) is 5.49. The predicted molar refractivity (Wildman–Crippen MR) is 99.9 cm³/mol. The number of aryl methyl sites for hydroxylation is 2. The summed E-state index contributed by atoms with van der Waals surface area (Å²) in [5.41, 5.74) is 3.97. The minimum atomic E-state index is 1.31. The standard InChI is InChI=1S/C17H16S2.C2H6/c1-11-4-7-13(8-5-11)16-17(18-3)14-9-6-12(2)10-15(14)19-16;1-2/h4-10H,1-3H3;1-2H3. The molecule has 0 N–H and O–H groups in total. The molecule has 0 saturated carbocycles. The lowest BCUT2D eigenvalue weighted by molar-refractivity contribution is 1.47. The van der Waals surface area contributed by atoms with Crippen molar-refractivity contribution in [2.24, 2.45) is 0 Å². The molecule has 1 heterocycles. The Hall–Kier alpha value is -1.25. The van der Waals surface area contributed by atoms with Crippen LogP contribution >= 0.6 is 23.1 Å². The van der Waals surface area contributed by atoms with E-state index in [0.29, 0.717) is 0 Å². The first-order valence-corrected chi connectivity index (χ1v) is 9.37. The molecule has 0 radical (unpaired) electrons. The Balaban J connectivity index is 0.000000774. The molecule has 3 aromatic rings. The van der Waals surface area contributed by atoms with Gasteiger partial charge < -0.3 is 0 Å². The third-order valence-corrected chi connectivity index (χ3v) is 5.48. The maximum absolute atomic E-state index is 2.29. The number of thiophene rings is 1. The Labute approximate surface area is 136 Å². The van der Waals surface area contributed by atoms with Gasteiger partial charge in [-0.2, -0.15) is 0 Å². The summed E-state index contributed by atoms with van der Waals surface area (Å²) in [4.78, 5) is 2.80. The van der Waals surface area contributed by atoms with Crippen molar-refractivity contribution in [3.05, 3.63) is 53.6 Å². The highest BCUT2D eigenvalue weighted by molar-refractivity contribution is 7.99. The summed E-state index contributed by atoms with van der Waals surface area (Å²) in [6, 6.07) is 15.6. The molecule has 21 heavy (non-hydrogen) atoms. The number of rotatable bonds is 2. The molecule has 3 rings (SSSR count). The highest BCUT2D eigenvalue weighted by atomic mass is 32.2. The quantitative estimate of drug-likeness (QED) is 0.462. The smallest absolute Gasteiger partial charge is 0.0491 e. The van der Waals surface area contributed by atoms with E-state index in [4.69, 9.17) is 0 Å². The van der Waals surface area contributed by atoms with Gasteiger partial charge in [-0.3, -0.25) is 0 Å². The maximum Gasteiger partial charge on any atom is 0.0491 e. The minimum Gasteiger partial charge on any atom is -0.134 e. The summed E-state index contributed by atoms with van der Waals surface area (Å²) in [7, 11) is 0. The van der Waals surface area contributed by atoms with Crippen molar-refractivity contribution in [1.29, 1.82) is 0 Å². The van der Waals surface area contributed by atoms with Crippen LogP contribution in [0.3, 0.4) is 0 Å². The topological polar surface area (TPSA) is 0 Å².